The standard InChI is InChI=1S/C10H8N2O2S/c11-7-8(15)10(14)12(9(7)13)6-4-2-1-3-5-6/h1-5,15H,11H2. The van der Waals surface area contributed by atoms with E-state index in [1.807, 2.05) is 0 Å². The van der Waals surface area contributed by atoms with E-state index < -0.39 is 11.8 Å². The minimum absolute atomic E-state index is 0.00357. The van der Waals surface area contributed by atoms with Gasteiger partial charge in [-0.05, 0) is 12.1 Å². The molecule has 0 aromatic heterocycles. The third-order valence-electron chi connectivity index (χ3n) is 2.11. The maximum Gasteiger partial charge on any atom is 0.282 e. The third-order valence-corrected chi connectivity index (χ3v) is 2.54. The fraction of sp³-hybridized carbons (Fsp3) is 0. The number of carbonyl (C=O) groups is 2. The van der Waals surface area contributed by atoms with Gasteiger partial charge in [0.2, 0.25) is 0 Å². The first-order valence-corrected chi connectivity index (χ1v) is 4.70. The second-order valence-electron chi connectivity index (χ2n) is 3.04. The number of hydrogen-bond donors (Lipinski definition) is 2. The van der Waals surface area contributed by atoms with Gasteiger partial charge in [-0.2, -0.15) is 0 Å². The van der Waals surface area contributed by atoms with E-state index in [9.17, 15) is 9.59 Å². The number of thiol groups is 1. The molecule has 2 N–H and O–H groups in total. The number of para-hydroxylation sites is 1. The Hall–Kier alpha value is -1.75. The summed E-state index contributed by atoms with van der Waals surface area (Å²) in [5.74, 6) is -0.997. The van der Waals surface area contributed by atoms with Crippen molar-refractivity contribution in [2.24, 2.45) is 5.73 Å². The van der Waals surface area contributed by atoms with Crippen molar-refractivity contribution < 1.29 is 9.59 Å². The lowest BCUT2D eigenvalue weighted by atomic mass is 10.3. The molecular weight excluding hydrogens is 212 g/mol. The van der Waals surface area contributed by atoms with Crippen molar-refractivity contribution in [1.29, 1.82) is 0 Å². The van der Waals surface area contributed by atoms with Crippen LogP contribution in [0.15, 0.2) is 40.9 Å². The normalized spacial score (nSPS) is 16.5. The van der Waals surface area contributed by atoms with E-state index >= 15 is 0 Å². The van der Waals surface area contributed by atoms with Gasteiger partial charge >= 0.3 is 0 Å². The first kappa shape index (κ1) is 9.79. The van der Waals surface area contributed by atoms with Crippen molar-refractivity contribution >= 4 is 30.1 Å². The Kier molecular flexibility index (Phi) is 2.24. The predicted molar refractivity (Wildman–Crippen MR) is 59.1 cm³/mol. The highest BCUT2D eigenvalue weighted by atomic mass is 32.1. The number of nitrogens with zero attached hydrogens (tertiary/aromatic N) is 1. The maximum absolute atomic E-state index is 11.6. The van der Waals surface area contributed by atoms with E-state index in [-0.39, 0.29) is 10.6 Å². The number of anilines is 1. The number of nitrogens with two attached hydrogens (primary N) is 1. The van der Waals surface area contributed by atoms with Gasteiger partial charge in [-0.3, -0.25) is 9.59 Å². The summed E-state index contributed by atoms with van der Waals surface area (Å²) in [6.07, 6.45) is 0. The maximum atomic E-state index is 11.6. The quantitative estimate of drug-likeness (QED) is 0.540. The number of amides is 2. The minimum atomic E-state index is -0.517. The molecule has 0 spiro atoms. The van der Waals surface area contributed by atoms with Crippen LogP contribution in [0.4, 0.5) is 5.69 Å². The Morgan fingerprint density at radius 2 is 1.67 bits per heavy atom. The molecule has 0 unspecified atom stereocenters. The first-order valence-electron chi connectivity index (χ1n) is 4.25. The lowest BCUT2D eigenvalue weighted by Gasteiger charge is -2.13. The van der Waals surface area contributed by atoms with Crippen LogP contribution in [0.1, 0.15) is 0 Å². The van der Waals surface area contributed by atoms with Crippen molar-refractivity contribution in [3.8, 4) is 0 Å². The van der Waals surface area contributed by atoms with Gasteiger partial charge in [0.1, 0.15) is 5.70 Å². The number of hydrogen-bond acceptors (Lipinski definition) is 4. The number of carbonyl (C=O) groups excluding carboxylic acids is 2. The van der Waals surface area contributed by atoms with Crippen molar-refractivity contribution in [3.05, 3.63) is 40.9 Å². The zero-order valence-corrected chi connectivity index (χ0v) is 8.57. The summed E-state index contributed by atoms with van der Waals surface area (Å²) in [7, 11) is 0. The molecule has 1 aromatic carbocycles. The van der Waals surface area contributed by atoms with Crippen LogP contribution in [0.5, 0.6) is 0 Å². The molecule has 0 fully saturated rings. The minimum Gasteiger partial charge on any atom is -0.393 e. The van der Waals surface area contributed by atoms with Crippen LogP contribution in [0.2, 0.25) is 0 Å². The van der Waals surface area contributed by atoms with Crippen LogP contribution in [-0.2, 0) is 9.59 Å². The Morgan fingerprint density at radius 1 is 1.07 bits per heavy atom. The van der Waals surface area contributed by atoms with Gasteiger partial charge in [0, 0.05) is 0 Å². The van der Waals surface area contributed by atoms with Crippen molar-refractivity contribution in [2.45, 2.75) is 0 Å². The number of rotatable bonds is 1. The average molecular weight is 220 g/mol. The molecule has 76 valence electrons. The predicted octanol–water partition coefficient (Wildman–Crippen LogP) is 0.660. The average Bonchev–Trinajstić information content (AvgIpc) is 2.45. The van der Waals surface area contributed by atoms with Gasteiger partial charge in [-0.15, -0.1) is 12.6 Å². The second kappa shape index (κ2) is 3.43. The summed E-state index contributed by atoms with van der Waals surface area (Å²) < 4.78 is 0. The van der Waals surface area contributed by atoms with Gasteiger partial charge in [-0.1, -0.05) is 18.2 Å². The van der Waals surface area contributed by atoms with E-state index in [0.717, 1.165) is 4.90 Å². The van der Waals surface area contributed by atoms with Crippen LogP contribution < -0.4 is 10.6 Å². The highest BCUT2D eigenvalue weighted by Gasteiger charge is 2.36. The van der Waals surface area contributed by atoms with Crippen LogP contribution in [0, 0.1) is 0 Å². The summed E-state index contributed by atoms with van der Waals surface area (Å²) in [4.78, 5) is 24.2. The zero-order valence-electron chi connectivity index (χ0n) is 7.68. The molecule has 4 nitrogen and oxygen atoms in total. The van der Waals surface area contributed by atoms with Gasteiger partial charge < -0.3 is 5.73 Å². The van der Waals surface area contributed by atoms with Gasteiger partial charge in [0.05, 0.1) is 10.6 Å². The van der Waals surface area contributed by atoms with Gasteiger partial charge in [-0.25, -0.2) is 4.90 Å². The van der Waals surface area contributed by atoms with Crippen molar-refractivity contribution in [2.75, 3.05) is 4.90 Å². The Labute approximate surface area is 91.8 Å². The third kappa shape index (κ3) is 1.41. The van der Waals surface area contributed by atoms with Gasteiger partial charge in [0.15, 0.2) is 0 Å². The summed E-state index contributed by atoms with van der Waals surface area (Å²) in [5.41, 5.74) is 5.83. The SMILES string of the molecule is NC1=C(S)C(=O)N(c2ccccc2)C1=O. The molecule has 0 bridgehead atoms. The topological polar surface area (TPSA) is 63.4 Å². The number of imide groups is 1. The molecule has 0 saturated heterocycles. The lowest BCUT2D eigenvalue weighted by molar-refractivity contribution is -0.120. The van der Waals surface area contributed by atoms with Crippen LogP contribution in [0.3, 0.4) is 0 Å². The molecule has 1 aliphatic rings. The molecule has 2 amide bonds. The van der Waals surface area contributed by atoms with Crippen LogP contribution in [-0.4, -0.2) is 11.8 Å². The molecule has 0 aliphatic carbocycles. The Morgan fingerprint density at radius 3 is 2.13 bits per heavy atom. The molecule has 1 aliphatic heterocycles. The van der Waals surface area contributed by atoms with E-state index in [1.54, 1.807) is 30.3 Å². The fourth-order valence-electron chi connectivity index (χ4n) is 1.35. The van der Waals surface area contributed by atoms with E-state index in [1.165, 1.54) is 0 Å². The molecule has 0 radical (unpaired) electrons. The monoisotopic (exact) mass is 220 g/mol. The van der Waals surface area contributed by atoms with Gasteiger partial charge in [0.25, 0.3) is 11.8 Å². The van der Waals surface area contributed by atoms with Crippen LogP contribution in [0.25, 0.3) is 0 Å². The molecule has 0 atom stereocenters. The second-order valence-corrected chi connectivity index (χ2v) is 3.49. The highest BCUT2D eigenvalue weighted by molar-refractivity contribution is 7.85. The molecule has 1 aromatic rings. The fourth-order valence-corrected chi connectivity index (χ4v) is 1.54. The van der Waals surface area contributed by atoms with E-state index in [2.05, 4.69) is 12.6 Å². The largest absolute Gasteiger partial charge is 0.393 e. The highest BCUT2D eigenvalue weighted by Crippen LogP contribution is 2.25. The Bertz CT molecular complexity index is 444. The zero-order chi connectivity index (χ0) is 11.0. The van der Waals surface area contributed by atoms with Crippen LogP contribution >= 0.6 is 12.6 Å². The summed E-state index contributed by atoms with van der Waals surface area (Å²) in [6, 6.07) is 8.60. The first-order chi connectivity index (χ1) is 7.13. The summed E-state index contributed by atoms with van der Waals surface area (Å²) >= 11 is 3.89. The van der Waals surface area contributed by atoms with E-state index in [4.69, 9.17) is 5.73 Å². The molecular formula is C10H8N2O2S. The summed E-state index contributed by atoms with van der Waals surface area (Å²) in [5, 5.41) is 0. The lowest BCUT2D eigenvalue weighted by Crippen LogP contribution is -2.32. The van der Waals surface area contributed by atoms with Crippen molar-refractivity contribution in [1.82, 2.24) is 0 Å². The van der Waals surface area contributed by atoms with Crippen molar-refractivity contribution in [3.63, 3.8) is 0 Å². The molecule has 2 rings (SSSR count). The number of benzene rings is 1. The summed E-state index contributed by atoms with van der Waals surface area (Å²) in [6.45, 7) is 0. The smallest absolute Gasteiger partial charge is 0.282 e. The molecule has 5 heteroatoms. The molecule has 0 saturated carbocycles. The Balaban J connectivity index is 2.44. The molecule has 15 heavy (non-hydrogen) atoms. The molecule has 1 heterocycles. The van der Waals surface area contributed by atoms with E-state index in [0.29, 0.717) is 5.69 Å².